The molecule has 0 fully saturated rings. The number of nitrogens with zero attached hydrogens (tertiary/aromatic N) is 2. The largest absolute Gasteiger partial charge is 0.377 e. The minimum absolute atomic E-state index is 0.00972. The highest BCUT2D eigenvalue weighted by Crippen LogP contribution is 2.36. The minimum Gasteiger partial charge on any atom is -0.377 e. The molecule has 0 saturated heterocycles. The normalized spacial score (nSPS) is 13.6. The van der Waals surface area contributed by atoms with Gasteiger partial charge in [0.2, 0.25) is 0 Å². The number of nitriles is 1. The Morgan fingerprint density at radius 3 is 2.69 bits per heavy atom. The number of aromatic nitrogens is 1. The average molecular weight is 471 g/mol. The van der Waals surface area contributed by atoms with E-state index in [0.717, 1.165) is 46.0 Å². The van der Waals surface area contributed by atoms with Crippen LogP contribution in [0.3, 0.4) is 0 Å². The van der Waals surface area contributed by atoms with E-state index in [0.29, 0.717) is 25.1 Å². The molecule has 0 saturated carbocycles. The molecule has 2 atom stereocenters. The molecule has 0 aliphatic heterocycles. The van der Waals surface area contributed by atoms with Gasteiger partial charge in [-0.3, -0.25) is 10.1 Å². The summed E-state index contributed by atoms with van der Waals surface area (Å²) >= 11 is 0. The molecule has 3 aromatic rings. The van der Waals surface area contributed by atoms with Crippen molar-refractivity contribution in [2.45, 2.75) is 44.8 Å². The molecule has 179 valence electrons. The van der Waals surface area contributed by atoms with E-state index in [2.05, 4.69) is 17.3 Å². The Morgan fingerprint density at radius 1 is 1.20 bits per heavy atom. The third-order valence-corrected chi connectivity index (χ3v) is 6.51. The lowest BCUT2D eigenvalue weighted by Crippen LogP contribution is -2.37. The van der Waals surface area contributed by atoms with Gasteiger partial charge < -0.3 is 9.30 Å². The number of pyridine rings is 1. The van der Waals surface area contributed by atoms with E-state index in [1.807, 2.05) is 37.6 Å². The molecule has 0 amide bonds. The highest BCUT2D eigenvalue weighted by Gasteiger charge is 2.26. The summed E-state index contributed by atoms with van der Waals surface area (Å²) in [6, 6.07) is 12.6. The fraction of sp³-hybridized carbons (Fsp3) is 0.345. The van der Waals surface area contributed by atoms with E-state index in [4.69, 9.17) is 11.2 Å². The molecule has 1 aliphatic carbocycles. The van der Waals surface area contributed by atoms with E-state index in [-0.39, 0.29) is 23.9 Å². The van der Waals surface area contributed by atoms with Gasteiger partial charge in [0.15, 0.2) is 0 Å². The van der Waals surface area contributed by atoms with Crippen molar-refractivity contribution in [2.24, 2.45) is 7.05 Å². The number of benzene rings is 2. The maximum Gasteiger partial charge on any atom is 0.254 e. The first-order chi connectivity index (χ1) is 17.0. The predicted octanol–water partition coefficient (Wildman–Crippen LogP) is 4.49. The van der Waals surface area contributed by atoms with Crippen molar-refractivity contribution in [3.8, 4) is 29.5 Å². The topological polar surface area (TPSA) is 67.0 Å². The first-order valence-electron chi connectivity index (χ1n) is 11.9. The lowest BCUT2D eigenvalue weighted by molar-refractivity contribution is 0.0489. The zero-order valence-corrected chi connectivity index (χ0v) is 20.1. The van der Waals surface area contributed by atoms with Crippen LogP contribution >= 0.6 is 0 Å². The van der Waals surface area contributed by atoms with Crippen molar-refractivity contribution in [2.75, 3.05) is 13.2 Å². The third kappa shape index (κ3) is 5.46. The summed E-state index contributed by atoms with van der Waals surface area (Å²) in [5.41, 5.74) is 4.61. The Balaban J connectivity index is 1.43. The van der Waals surface area contributed by atoms with Crippen molar-refractivity contribution in [1.29, 1.82) is 5.26 Å². The summed E-state index contributed by atoms with van der Waals surface area (Å²) in [6.45, 7) is 3.13. The molecule has 0 spiro atoms. The van der Waals surface area contributed by atoms with Gasteiger partial charge in [-0.25, -0.2) is 4.39 Å². The second-order valence-corrected chi connectivity index (χ2v) is 8.88. The van der Waals surface area contributed by atoms with Gasteiger partial charge in [0.25, 0.3) is 5.56 Å². The van der Waals surface area contributed by atoms with Crippen LogP contribution in [0, 0.1) is 35.9 Å². The molecule has 2 aromatic carbocycles. The van der Waals surface area contributed by atoms with Crippen LogP contribution in [-0.4, -0.2) is 29.9 Å². The highest BCUT2D eigenvalue weighted by atomic mass is 19.1. The van der Waals surface area contributed by atoms with Crippen LogP contribution < -0.4 is 10.9 Å². The fourth-order valence-electron chi connectivity index (χ4n) is 4.31. The Labute approximate surface area is 205 Å². The molecule has 35 heavy (non-hydrogen) atoms. The summed E-state index contributed by atoms with van der Waals surface area (Å²) in [5.74, 6) is 2.24. The molecule has 1 aromatic heterocycles. The van der Waals surface area contributed by atoms with Crippen molar-refractivity contribution in [1.82, 2.24) is 9.88 Å². The number of rotatable bonds is 11. The van der Waals surface area contributed by atoms with E-state index in [1.54, 1.807) is 17.7 Å². The number of halogens is 1. The Morgan fingerprint density at radius 2 is 1.97 bits per heavy atom. The highest BCUT2D eigenvalue weighted by molar-refractivity contribution is 5.94. The summed E-state index contributed by atoms with van der Waals surface area (Å²) < 4.78 is 22.5. The Kier molecular flexibility index (Phi) is 7.66. The van der Waals surface area contributed by atoms with Crippen LogP contribution in [0.15, 0.2) is 41.2 Å². The third-order valence-electron chi connectivity index (χ3n) is 6.51. The predicted molar refractivity (Wildman–Crippen MR) is 136 cm³/mol. The standard InChI is InChI=1S/C29H29FN3O2/c1-4-6-7-12-35-23(5-2)18-32-22(17-31)13-21-9-8-19(14-27(21)30)20-10-11-24-25-16-26(25)29(34)33(3)28(24)15-20/h1,8-11,14-16,22-23,32H,5-7,12-13,18H2,2-3H3/t22-,23-/m0/s1. The average Bonchev–Trinajstić information content (AvgIpc) is 3.68. The smallest absolute Gasteiger partial charge is 0.254 e. The number of fused-ring (bicyclic) bond motifs is 3. The van der Waals surface area contributed by atoms with Crippen LogP contribution in [0.2, 0.25) is 0 Å². The van der Waals surface area contributed by atoms with Gasteiger partial charge in [-0.1, -0.05) is 31.2 Å². The molecular formula is C29H29FN3O2. The maximum absolute atomic E-state index is 15.0. The molecule has 4 rings (SSSR count). The molecule has 1 aliphatic rings. The molecule has 5 nitrogen and oxygen atoms in total. The van der Waals surface area contributed by atoms with E-state index in [1.165, 1.54) is 6.07 Å². The first kappa shape index (κ1) is 24.7. The van der Waals surface area contributed by atoms with Gasteiger partial charge in [-0.15, -0.1) is 12.3 Å². The van der Waals surface area contributed by atoms with E-state index < -0.39 is 6.04 Å². The number of hydrogen-bond donors (Lipinski definition) is 1. The molecule has 0 unspecified atom stereocenters. The SMILES string of the molecule is C#CCCCO[C@@H](CC)CN[C@H](C#N)Cc1ccc(-c2ccc3c4c(c(=O)n(C)c3c2)[CH]4)cc1F. The van der Waals surface area contributed by atoms with Gasteiger partial charge in [-0.2, -0.15) is 5.26 Å². The van der Waals surface area contributed by atoms with E-state index in [9.17, 15) is 10.1 Å². The monoisotopic (exact) mass is 470 g/mol. The number of nitrogens with one attached hydrogen (secondary N) is 1. The quantitative estimate of drug-likeness (QED) is 0.259. The zero-order valence-electron chi connectivity index (χ0n) is 20.1. The Bertz CT molecular complexity index is 1380. The number of aryl methyl sites for hydroxylation is 1. The fourth-order valence-corrected chi connectivity index (χ4v) is 4.31. The van der Waals surface area contributed by atoms with Crippen LogP contribution in [0.1, 0.15) is 42.9 Å². The van der Waals surface area contributed by atoms with Crippen molar-refractivity contribution >= 4 is 10.9 Å². The number of ether oxygens (including phenoxy) is 1. The second-order valence-electron chi connectivity index (χ2n) is 8.88. The minimum atomic E-state index is -0.528. The molecule has 1 heterocycles. The van der Waals surface area contributed by atoms with E-state index >= 15 is 4.39 Å². The lowest BCUT2D eigenvalue weighted by Gasteiger charge is -2.19. The summed E-state index contributed by atoms with van der Waals surface area (Å²) in [5, 5.41) is 13.8. The van der Waals surface area contributed by atoms with Crippen molar-refractivity contribution in [3.63, 3.8) is 0 Å². The molecule has 1 N–H and O–H groups in total. The molecule has 0 bridgehead atoms. The lowest BCUT2D eigenvalue weighted by atomic mass is 9.99. The van der Waals surface area contributed by atoms with Crippen LogP contribution in [-0.2, 0) is 18.2 Å². The van der Waals surface area contributed by atoms with Gasteiger partial charge in [-0.05, 0) is 47.2 Å². The molecule has 1 radical (unpaired) electrons. The number of terminal acetylenes is 1. The Hall–Kier alpha value is -3.45. The molecule has 6 heteroatoms. The summed E-state index contributed by atoms with van der Waals surface area (Å²) in [7, 11) is 1.76. The van der Waals surface area contributed by atoms with Gasteiger partial charge in [0.05, 0.1) is 23.7 Å². The van der Waals surface area contributed by atoms with Gasteiger partial charge in [0, 0.05) is 50.4 Å². The van der Waals surface area contributed by atoms with Crippen LogP contribution in [0.5, 0.6) is 0 Å². The zero-order chi connectivity index (χ0) is 24.9. The second kappa shape index (κ2) is 10.9. The van der Waals surface area contributed by atoms with Crippen LogP contribution in [0.4, 0.5) is 4.39 Å². The van der Waals surface area contributed by atoms with Gasteiger partial charge in [0.1, 0.15) is 5.82 Å². The van der Waals surface area contributed by atoms with Crippen molar-refractivity contribution in [3.05, 3.63) is 75.7 Å². The number of hydrogen-bond acceptors (Lipinski definition) is 4. The summed E-state index contributed by atoms with van der Waals surface area (Å²) in [4.78, 5) is 12.3. The molecular weight excluding hydrogens is 441 g/mol. The summed E-state index contributed by atoms with van der Waals surface area (Å²) in [6.07, 6.45) is 9.68. The maximum atomic E-state index is 15.0. The van der Waals surface area contributed by atoms with Gasteiger partial charge >= 0.3 is 0 Å². The van der Waals surface area contributed by atoms with Crippen molar-refractivity contribution < 1.29 is 9.13 Å². The van der Waals surface area contributed by atoms with Crippen LogP contribution in [0.25, 0.3) is 22.0 Å². The number of unbranched alkanes of at least 4 members (excludes halogenated alkanes) is 1. The first-order valence-corrected chi connectivity index (χ1v) is 11.9.